The number of hydrogen-bond acceptors (Lipinski definition) is 4. The molecule has 3 aromatic rings. The van der Waals surface area contributed by atoms with Crippen LogP contribution in [0.25, 0.3) is 0 Å². The largest absolute Gasteiger partial charge is 0.507 e. The van der Waals surface area contributed by atoms with Crippen LogP contribution in [-0.2, 0) is 16.6 Å². The third-order valence-corrected chi connectivity index (χ3v) is 5.53. The normalized spacial score (nSPS) is 11.5. The molecule has 0 unspecified atom stereocenters. The lowest BCUT2D eigenvalue weighted by atomic mass is 10.2. The maximum Gasteiger partial charge on any atom is 0.268 e. The molecule has 0 saturated heterocycles. The van der Waals surface area contributed by atoms with Gasteiger partial charge in [0.25, 0.3) is 10.0 Å². The first-order valence-electron chi connectivity index (χ1n) is 7.59. The van der Waals surface area contributed by atoms with Gasteiger partial charge in [-0.2, -0.15) is 0 Å². The number of halogens is 2. The van der Waals surface area contributed by atoms with Gasteiger partial charge < -0.3 is 9.52 Å². The lowest BCUT2D eigenvalue weighted by molar-refractivity contribution is 0.457. The lowest BCUT2D eigenvalue weighted by Crippen LogP contribution is -2.31. The Kier molecular flexibility index (Phi) is 4.69. The first-order valence-corrected chi connectivity index (χ1v) is 9.03. The van der Waals surface area contributed by atoms with Gasteiger partial charge in [-0.25, -0.2) is 17.2 Å². The summed E-state index contributed by atoms with van der Waals surface area (Å²) < 4.78 is 59.7. The molecular weight excluding hydrogens is 364 g/mol. The van der Waals surface area contributed by atoms with Gasteiger partial charge in [-0.1, -0.05) is 6.07 Å². The van der Waals surface area contributed by atoms with Crippen molar-refractivity contribution in [2.45, 2.75) is 18.4 Å². The van der Waals surface area contributed by atoms with E-state index in [4.69, 9.17) is 4.42 Å². The monoisotopic (exact) mass is 379 g/mol. The first kappa shape index (κ1) is 17.9. The number of hydrogen-bond donors (Lipinski definition) is 1. The van der Waals surface area contributed by atoms with E-state index in [1.807, 2.05) is 0 Å². The van der Waals surface area contributed by atoms with Gasteiger partial charge in [-0.05, 0) is 48.9 Å². The number of furan rings is 1. The summed E-state index contributed by atoms with van der Waals surface area (Å²) in [5, 5.41) is 10.0. The zero-order valence-corrected chi connectivity index (χ0v) is 14.5. The van der Waals surface area contributed by atoms with Crippen molar-refractivity contribution in [3.05, 3.63) is 77.8 Å². The fourth-order valence-electron chi connectivity index (χ4n) is 2.47. The first-order chi connectivity index (χ1) is 12.3. The van der Waals surface area contributed by atoms with E-state index in [0.717, 1.165) is 16.4 Å². The van der Waals surface area contributed by atoms with Crippen LogP contribution in [0.1, 0.15) is 11.3 Å². The molecule has 0 amide bonds. The lowest BCUT2D eigenvalue weighted by Gasteiger charge is -2.24. The van der Waals surface area contributed by atoms with Crippen LogP contribution in [0.2, 0.25) is 0 Å². The molecule has 0 radical (unpaired) electrons. The van der Waals surface area contributed by atoms with Crippen LogP contribution in [0.5, 0.6) is 5.75 Å². The maximum absolute atomic E-state index is 14.3. The Morgan fingerprint density at radius 2 is 1.88 bits per heavy atom. The van der Waals surface area contributed by atoms with Crippen molar-refractivity contribution in [2.24, 2.45) is 0 Å². The predicted molar refractivity (Wildman–Crippen MR) is 91.3 cm³/mol. The molecule has 0 aliphatic heterocycles. The molecule has 1 aromatic heterocycles. The van der Waals surface area contributed by atoms with Crippen molar-refractivity contribution >= 4 is 15.7 Å². The zero-order chi connectivity index (χ0) is 18.9. The van der Waals surface area contributed by atoms with Crippen molar-refractivity contribution in [3.63, 3.8) is 0 Å². The van der Waals surface area contributed by atoms with E-state index < -0.39 is 27.4 Å². The Morgan fingerprint density at radius 1 is 1.12 bits per heavy atom. The Bertz CT molecular complexity index is 1030. The average molecular weight is 379 g/mol. The highest BCUT2D eigenvalue weighted by Gasteiger charge is 2.30. The Balaban J connectivity index is 2.17. The van der Waals surface area contributed by atoms with Crippen molar-refractivity contribution in [2.75, 3.05) is 4.31 Å². The highest BCUT2D eigenvalue weighted by Crippen LogP contribution is 2.33. The number of aromatic hydroxyl groups is 1. The average Bonchev–Trinajstić information content (AvgIpc) is 3.08. The Hall–Kier alpha value is -2.87. The number of phenolic OH excluding ortho intramolecular Hbond substituents is 1. The zero-order valence-electron chi connectivity index (χ0n) is 13.7. The summed E-state index contributed by atoms with van der Waals surface area (Å²) in [4.78, 5) is -0.382. The molecule has 0 bridgehead atoms. The highest BCUT2D eigenvalue weighted by atomic mass is 32.2. The van der Waals surface area contributed by atoms with E-state index in [-0.39, 0.29) is 22.9 Å². The smallest absolute Gasteiger partial charge is 0.268 e. The van der Waals surface area contributed by atoms with Crippen molar-refractivity contribution < 1.29 is 26.7 Å². The molecule has 0 saturated carbocycles. The number of benzene rings is 2. The van der Waals surface area contributed by atoms with E-state index in [0.29, 0.717) is 11.6 Å². The Morgan fingerprint density at radius 3 is 2.54 bits per heavy atom. The van der Waals surface area contributed by atoms with Crippen molar-refractivity contribution in [1.29, 1.82) is 0 Å². The minimum absolute atomic E-state index is 0.254. The quantitative estimate of drug-likeness (QED) is 0.728. The summed E-state index contributed by atoms with van der Waals surface area (Å²) in [6.07, 6.45) is 1.35. The van der Waals surface area contributed by atoms with Crippen LogP contribution in [0.3, 0.4) is 0 Å². The second-order valence-electron chi connectivity index (χ2n) is 5.66. The highest BCUT2D eigenvalue weighted by molar-refractivity contribution is 7.92. The molecule has 1 heterocycles. The maximum atomic E-state index is 14.3. The minimum atomic E-state index is -4.36. The fourth-order valence-corrected chi connectivity index (χ4v) is 4.08. The van der Waals surface area contributed by atoms with Crippen LogP contribution < -0.4 is 4.31 Å². The molecule has 0 aliphatic rings. The molecule has 0 atom stereocenters. The van der Waals surface area contributed by atoms with E-state index >= 15 is 0 Å². The molecule has 136 valence electrons. The van der Waals surface area contributed by atoms with Crippen LogP contribution in [-0.4, -0.2) is 13.5 Å². The molecular formula is C18H15F2NO4S. The standard InChI is InChI=1S/C18H15F2NO4S/c1-12-4-7-17(22)18(9-12)26(23,24)21(11-14-3-2-8-25-14)16-6-5-13(19)10-15(16)20/h2-10,22H,11H2,1H3. The topological polar surface area (TPSA) is 70.8 Å². The third-order valence-electron chi connectivity index (χ3n) is 3.74. The summed E-state index contributed by atoms with van der Waals surface area (Å²) in [7, 11) is -4.36. The predicted octanol–water partition coefficient (Wildman–Crippen LogP) is 3.97. The number of nitrogens with zero attached hydrogens (tertiary/aromatic N) is 1. The van der Waals surface area contributed by atoms with Gasteiger partial charge in [-0.15, -0.1) is 0 Å². The number of aryl methyl sites for hydroxylation is 1. The second-order valence-corrected chi connectivity index (χ2v) is 7.49. The summed E-state index contributed by atoms with van der Waals surface area (Å²) in [5.74, 6) is -2.10. The SMILES string of the molecule is Cc1ccc(O)c(S(=O)(=O)N(Cc2ccco2)c2ccc(F)cc2F)c1. The molecule has 3 rings (SSSR count). The number of sulfonamides is 1. The summed E-state index contributed by atoms with van der Waals surface area (Å²) in [6, 6.07) is 9.73. The molecule has 0 aliphatic carbocycles. The third kappa shape index (κ3) is 3.41. The van der Waals surface area contributed by atoms with Gasteiger partial charge in [0.15, 0.2) is 0 Å². The van der Waals surface area contributed by atoms with E-state index in [2.05, 4.69) is 0 Å². The minimum Gasteiger partial charge on any atom is -0.507 e. The van der Waals surface area contributed by atoms with Gasteiger partial charge in [0, 0.05) is 6.07 Å². The number of phenols is 1. The van der Waals surface area contributed by atoms with E-state index in [1.54, 1.807) is 19.1 Å². The van der Waals surface area contributed by atoms with Crippen LogP contribution in [0.4, 0.5) is 14.5 Å². The van der Waals surface area contributed by atoms with Gasteiger partial charge in [0.2, 0.25) is 0 Å². The fraction of sp³-hybridized carbons (Fsp3) is 0.111. The van der Waals surface area contributed by atoms with Gasteiger partial charge in [-0.3, -0.25) is 4.31 Å². The van der Waals surface area contributed by atoms with Crippen LogP contribution >= 0.6 is 0 Å². The number of rotatable bonds is 5. The van der Waals surface area contributed by atoms with Gasteiger partial charge in [0.1, 0.15) is 28.0 Å². The molecule has 0 spiro atoms. The molecule has 0 fully saturated rings. The molecule has 1 N–H and O–H groups in total. The second kappa shape index (κ2) is 6.80. The number of anilines is 1. The Labute approximate surface area is 149 Å². The molecule has 26 heavy (non-hydrogen) atoms. The van der Waals surface area contributed by atoms with Gasteiger partial charge in [0.05, 0.1) is 18.5 Å². The van der Waals surface area contributed by atoms with E-state index in [1.165, 1.54) is 24.5 Å². The summed E-state index contributed by atoms with van der Waals surface area (Å²) in [6.45, 7) is 1.33. The molecule has 2 aromatic carbocycles. The van der Waals surface area contributed by atoms with Crippen LogP contribution in [0, 0.1) is 18.6 Å². The van der Waals surface area contributed by atoms with E-state index in [9.17, 15) is 22.3 Å². The van der Waals surface area contributed by atoms with Gasteiger partial charge >= 0.3 is 0 Å². The van der Waals surface area contributed by atoms with Crippen molar-refractivity contribution in [3.8, 4) is 5.75 Å². The summed E-state index contributed by atoms with van der Waals surface area (Å²) in [5.41, 5.74) is 0.239. The molecule has 8 heteroatoms. The molecule has 5 nitrogen and oxygen atoms in total. The summed E-state index contributed by atoms with van der Waals surface area (Å²) >= 11 is 0. The van der Waals surface area contributed by atoms with Crippen molar-refractivity contribution in [1.82, 2.24) is 0 Å². The van der Waals surface area contributed by atoms with Crippen LogP contribution in [0.15, 0.2) is 64.1 Å².